The lowest BCUT2D eigenvalue weighted by Crippen LogP contribution is -2.30. The maximum atomic E-state index is 13.2. The minimum absolute atomic E-state index is 0. The molecule has 1 aromatic carbocycles. The van der Waals surface area contributed by atoms with Gasteiger partial charge < -0.3 is 11.1 Å². The Hall–Kier alpha value is -1.13. The highest BCUT2D eigenvalue weighted by Gasteiger charge is 2.06. The first-order valence-electron chi connectivity index (χ1n) is 5.35. The Bertz CT molecular complexity index is 358. The fourth-order valence-electron chi connectivity index (χ4n) is 1.32. The number of hydrogen-bond donors (Lipinski definition) is 2. The molecule has 1 rings (SSSR count). The molecule has 0 saturated heterocycles. The number of rotatable bonds is 5. The lowest BCUT2D eigenvalue weighted by Gasteiger charge is -2.07. The highest BCUT2D eigenvalue weighted by molar-refractivity contribution is 5.85. The molecular weight excluding hydrogens is 243 g/mol. The molecule has 3 nitrogen and oxygen atoms in total. The second-order valence-electron chi connectivity index (χ2n) is 3.88. The lowest BCUT2D eigenvalue weighted by molar-refractivity contribution is -0.120. The third-order valence-corrected chi connectivity index (χ3v) is 2.23. The van der Waals surface area contributed by atoms with Gasteiger partial charge in [0.2, 0.25) is 5.91 Å². The van der Waals surface area contributed by atoms with E-state index in [-0.39, 0.29) is 36.6 Å². The van der Waals surface area contributed by atoms with E-state index >= 15 is 0 Å². The molecule has 0 bridgehead atoms. The predicted molar refractivity (Wildman–Crippen MR) is 68.6 cm³/mol. The topological polar surface area (TPSA) is 55.1 Å². The SMILES string of the molecule is CC(N)CCNC(=O)Cc1ccccc1F.Cl. The quantitative estimate of drug-likeness (QED) is 0.846. The van der Waals surface area contributed by atoms with E-state index < -0.39 is 0 Å². The molecule has 0 aromatic heterocycles. The van der Waals surface area contributed by atoms with Crippen molar-refractivity contribution in [3.05, 3.63) is 35.6 Å². The van der Waals surface area contributed by atoms with Crippen LogP contribution in [0.1, 0.15) is 18.9 Å². The Morgan fingerprint density at radius 2 is 2.12 bits per heavy atom. The van der Waals surface area contributed by atoms with Crippen molar-refractivity contribution in [1.82, 2.24) is 5.32 Å². The molecule has 0 radical (unpaired) electrons. The minimum Gasteiger partial charge on any atom is -0.356 e. The summed E-state index contributed by atoms with van der Waals surface area (Å²) in [6.07, 6.45) is 0.800. The summed E-state index contributed by atoms with van der Waals surface area (Å²) in [7, 11) is 0. The summed E-state index contributed by atoms with van der Waals surface area (Å²) in [5, 5.41) is 2.70. The number of nitrogens with two attached hydrogens (primary N) is 1. The largest absolute Gasteiger partial charge is 0.356 e. The standard InChI is InChI=1S/C12H17FN2O.ClH/c1-9(14)6-7-15-12(16)8-10-4-2-3-5-11(10)13;/h2-5,9H,6-8,14H2,1H3,(H,15,16);1H. The third kappa shape index (κ3) is 6.24. The number of halogens is 2. The van der Waals surface area contributed by atoms with Crippen LogP contribution in [0.5, 0.6) is 0 Å². The highest BCUT2D eigenvalue weighted by Crippen LogP contribution is 2.06. The van der Waals surface area contributed by atoms with Crippen LogP contribution < -0.4 is 11.1 Å². The van der Waals surface area contributed by atoms with Gasteiger partial charge in [0.15, 0.2) is 0 Å². The van der Waals surface area contributed by atoms with Crippen LogP contribution in [0.15, 0.2) is 24.3 Å². The molecule has 1 unspecified atom stereocenters. The summed E-state index contributed by atoms with van der Waals surface area (Å²) >= 11 is 0. The molecular formula is C12H18ClFN2O. The maximum Gasteiger partial charge on any atom is 0.224 e. The summed E-state index contributed by atoms with van der Waals surface area (Å²) in [5.74, 6) is -0.518. The molecule has 0 fully saturated rings. The zero-order chi connectivity index (χ0) is 12.0. The van der Waals surface area contributed by atoms with Gasteiger partial charge in [-0.3, -0.25) is 4.79 Å². The summed E-state index contributed by atoms with van der Waals surface area (Å²) in [4.78, 5) is 11.4. The van der Waals surface area contributed by atoms with Gasteiger partial charge in [-0.15, -0.1) is 12.4 Å². The summed E-state index contributed by atoms with van der Waals surface area (Å²) < 4.78 is 13.2. The fraction of sp³-hybridized carbons (Fsp3) is 0.417. The second kappa shape index (κ2) is 8.03. The summed E-state index contributed by atoms with van der Waals surface area (Å²) in [6.45, 7) is 2.41. The molecule has 1 amide bonds. The smallest absolute Gasteiger partial charge is 0.224 e. The molecule has 1 aromatic rings. The number of hydrogen-bond acceptors (Lipinski definition) is 2. The van der Waals surface area contributed by atoms with Gasteiger partial charge in [0.05, 0.1) is 6.42 Å². The average molecular weight is 261 g/mol. The fourth-order valence-corrected chi connectivity index (χ4v) is 1.32. The van der Waals surface area contributed by atoms with Gasteiger partial charge in [0.25, 0.3) is 0 Å². The van der Waals surface area contributed by atoms with Crippen molar-refractivity contribution >= 4 is 18.3 Å². The van der Waals surface area contributed by atoms with E-state index in [2.05, 4.69) is 5.32 Å². The van der Waals surface area contributed by atoms with Crippen LogP contribution in [0.2, 0.25) is 0 Å². The molecule has 5 heteroatoms. The number of benzene rings is 1. The number of carbonyl (C=O) groups excluding carboxylic acids is 1. The molecule has 0 heterocycles. The molecule has 0 aliphatic rings. The minimum atomic E-state index is -0.343. The first-order chi connectivity index (χ1) is 7.59. The molecule has 0 saturated carbocycles. The van der Waals surface area contributed by atoms with Gasteiger partial charge in [-0.1, -0.05) is 18.2 Å². The zero-order valence-corrected chi connectivity index (χ0v) is 10.6. The van der Waals surface area contributed by atoms with E-state index in [1.807, 2.05) is 6.92 Å². The Labute approximate surface area is 107 Å². The van der Waals surface area contributed by atoms with E-state index in [4.69, 9.17) is 5.73 Å². The van der Waals surface area contributed by atoms with E-state index in [1.54, 1.807) is 18.2 Å². The van der Waals surface area contributed by atoms with Crippen molar-refractivity contribution in [1.29, 1.82) is 0 Å². The number of carbonyl (C=O) groups is 1. The van der Waals surface area contributed by atoms with E-state index in [1.165, 1.54) is 6.07 Å². The van der Waals surface area contributed by atoms with Gasteiger partial charge in [0, 0.05) is 12.6 Å². The number of nitrogens with one attached hydrogen (secondary N) is 1. The molecule has 96 valence electrons. The monoisotopic (exact) mass is 260 g/mol. The van der Waals surface area contributed by atoms with Crippen molar-refractivity contribution in [3.8, 4) is 0 Å². The van der Waals surface area contributed by atoms with Crippen molar-refractivity contribution in [2.45, 2.75) is 25.8 Å². The van der Waals surface area contributed by atoms with Crippen molar-refractivity contribution < 1.29 is 9.18 Å². The summed E-state index contributed by atoms with van der Waals surface area (Å²) in [6, 6.07) is 6.35. The normalized spacial score (nSPS) is 11.5. The Kier molecular flexibility index (Phi) is 7.50. The molecule has 17 heavy (non-hydrogen) atoms. The van der Waals surface area contributed by atoms with Gasteiger partial charge in [0.1, 0.15) is 5.82 Å². The van der Waals surface area contributed by atoms with E-state index in [0.29, 0.717) is 12.1 Å². The summed E-state index contributed by atoms with van der Waals surface area (Å²) in [5.41, 5.74) is 5.96. The zero-order valence-electron chi connectivity index (χ0n) is 9.78. The molecule has 1 atom stereocenters. The Balaban J connectivity index is 0.00000256. The molecule has 0 aliphatic carbocycles. The lowest BCUT2D eigenvalue weighted by atomic mass is 10.1. The van der Waals surface area contributed by atoms with Crippen LogP contribution in [-0.4, -0.2) is 18.5 Å². The van der Waals surface area contributed by atoms with Crippen LogP contribution >= 0.6 is 12.4 Å². The Morgan fingerprint density at radius 3 is 2.71 bits per heavy atom. The van der Waals surface area contributed by atoms with Crippen LogP contribution in [0, 0.1) is 5.82 Å². The van der Waals surface area contributed by atoms with Crippen LogP contribution in [0.3, 0.4) is 0 Å². The van der Waals surface area contributed by atoms with Gasteiger partial charge in [-0.05, 0) is 25.0 Å². The van der Waals surface area contributed by atoms with Crippen molar-refractivity contribution in [2.24, 2.45) is 5.73 Å². The first kappa shape index (κ1) is 15.9. The molecule has 0 spiro atoms. The Morgan fingerprint density at radius 1 is 1.47 bits per heavy atom. The third-order valence-electron chi connectivity index (χ3n) is 2.23. The first-order valence-corrected chi connectivity index (χ1v) is 5.35. The van der Waals surface area contributed by atoms with E-state index in [0.717, 1.165) is 6.42 Å². The number of amides is 1. The predicted octanol–water partition coefficient (Wildman–Crippen LogP) is 1.64. The van der Waals surface area contributed by atoms with Gasteiger partial charge in [-0.25, -0.2) is 4.39 Å². The average Bonchev–Trinajstić information content (AvgIpc) is 2.21. The van der Waals surface area contributed by atoms with Crippen LogP contribution in [-0.2, 0) is 11.2 Å². The second-order valence-corrected chi connectivity index (χ2v) is 3.88. The van der Waals surface area contributed by atoms with Crippen LogP contribution in [0.25, 0.3) is 0 Å². The van der Waals surface area contributed by atoms with Crippen molar-refractivity contribution in [3.63, 3.8) is 0 Å². The van der Waals surface area contributed by atoms with Crippen molar-refractivity contribution in [2.75, 3.05) is 6.54 Å². The van der Waals surface area contributed by atoms with Crippen LogP contribution in [0.4, 0.5) is 4.39 Å². The molecule has 0 aliphatic heterocycles. The maximum absolute atomic E-state index is 13.2. The van der Waals surface area contributed by atoms with Gasteiger partial charge >= 0.3 is 0 Å². The van der Waals surface area contributed by atoms with Gasteiger partial charge in [-0.2, -0.15) is 0 Å². The molecule has 3 N–H and O–H groups in total. The van der Waals surface area contributed by atoms with E-state index in [9.17, 15) is 9.18 Å². The highest BCUT2D eigenvalue weighted by atomic mass is 35.5.